The Morgan fingerprint density at radius 2 is 1.90 bits per heavy atom. The Hall–Kier alpha value is -1.91. The van der Waals surface area contributed by atoms with Crippen LogP contribution in [0.5, 0.6) is 0 Å². The summed E-state index contributed by atoms with van der Waals surface area (Å²) in [4.78, 5) is 4.55. The molecule has 0 unspecified atom stereocenters. The van der Waals surface area contributed by atoms with Gasteiger partial charge in [0.1, 0.15) is 0 Å². The van der Waals surface area contributed by atoms with Gasteiger partial charge in [-0.2, -0.15) is 5.10 Å². The van der Waals surface area contributed by atoms with Crippen LogP contribution < -0.4 is 5.01 Å². The molecule has 0 aliphatic heterocycles. The number of fused-ring (bicyclic) bond motifs is 1. The van der Waals surface area contributed by atoms with E-state index < -0.39 is 0 Å². The number of para-hydroxylation sites is 1. The molecule has 5 heteroatoms. The van der Waals surface area contributed by atoms with Gasteiger partial charge in [0.25, 0.3) is 0 Å². The molecule has 0 radical (unpaired) electrons. The largest absolute Gasteiger partial charge is 0.242 e. The minimum atomic E-state index is 0.724. The SMILES string of the molecule is CN(N=Cc1ccc(Cl)cc1)c1nc2ccccc2s1. The number of benzene rings is 2. The van der Waals surface area contributed by atoms with E-state index in [9.17, 15) is 0 Å². The molecule has 0 saturated heterocycles. The summed E-state index contributed by atoms with van der Waals surface area (Å²) in [6.45, 7) is 0. The molecule has 3 nitrogen and oxygen atoms in total. The molecule has 0 bridgehead atoms. The van der Waals surface area contributed by atoms with Gasteiger partial charge in [0.2, 0.25) is 5.13 Å². The van der Waals surface area contributed by atoms with Crippen LogP contribution >= 0.6 is 22.9 Å². The van der Waals surface area contributed by atoms with Crippen LogP contribution in [0.1, 0.15) is 5.56 Å². The van der Waals surface area contributed by atoms with Gasteiger partial charge in [-0.25, -0.2) is 9.99 Å². The van der Waals surface area contributed by atoms with Gasteiger partial charge in [-0.05, 0) is 29.8 Å². The van der Waals surface area contributed by atoms with Gasteiger partial charge in [0.05, 0.1) is 16.4 Å². The molecule has 20 heavy (non-hydrogen) atoms. The highest BCUT2D eigenvalue weighted by Crippen LogP contribution is 2.27. The van der Waals surface area contributed by atoms with E-state index in [0.717, 1.165) is 25.9 Å². The topological polar surface area (TPSA) is 28.5 Å². The second kappa shape index (κ2) is 5.61. The van der Waals surface area contributed by atoms with Crippen molar-refractivity contribution in [3.63, 3.8) is 0 Å². The Morgan fingerprint density at radius 1 is 1.15 bits per heavy atom. The fraction of sp³-hybridized carbons (Fsp3) is 0.0667. The highest BCUT2D eigenvalue weighted by molar-refractivity contribution is 7.22. The molecular formula is C15H12ClN3S. The standard InChI is InChI=1S/C15H12ClN3S/c1-19(17-10-11-6-8-12(16)9-7-11)15-18-13-4-2-3-5-14(13)20-15/h2-10H,1H3. The predicted molar refractivity (Wildman–Crippen MR) is 87.1 cm³/mol. The van der Waals surface area contributed by atoms with E-state index in [-0.39, 0.29) is 0 Å². The lowest BCUT2D eigenvalue weighted by Gasteiger charge is -2.07. The third-order valence-electron chi connectivity index (χ3n) is 2.81. The first kappa shape index (κ1) is 13.1. The van der Waals surface area contributed by atoms with Crippen LogP contribution in [0.2, 0.25) is 5.02 Å². The van der Waals surface area contributed by atoms with Crippen LogP contribution in [0.4, 0.5) is 5.13 Å². The van der Waals surface area contributed by atoms with Crippen LogP contribution in [0, 0.1) is 0 Å². The van der Waals surface area contributed by atoms with Crippen molar-refractivity contribution in [1.29, 1.82) is 0 Å². The van der Waals surface area contributed by atoms with Crippen molar-refractivity contribution in [1.82, 2.24) is 4.98 Å². The number of hydrazone groups is 1. The Labute approximate surface area is 126 Å². The van der Waals surface area contributed by atoms with Crippen LogP contribution in [-0.2, 0) is 0 Å². The van der Waals surface area contributed by atoms with Crippen LogP contribution in [0.15, 0.2) is 53.6 Å². The van der Waals surface area contributed by atoms with Crippen LogP contribution in [-0.4, -0.2) is 18.2 Å². The van der Waals surface area contributed by atoms with E-state index in [1.807, 2.05) is 49.5 Å². The van der Waals surface area contributed by atoms with Gasteiger partial charge in [0.15, 0.2) is 0 Å². The average molecular weight is 302 g/mol. The smallest absolute Gasteiger partial charge is 0.206 e. The fourth-order valence-electron chi connectivity index (χ4n) is 1.75. The highest BCUT2D eigenvalue weighted by Gasteiger charge is 2.06. The predicted octanol–water partition coefficient (Wildman–Crippen LogP) is 4.42. The zero-order valence-electron chi connectivity index (χ0n) is 10.8. The molecule has 0 atom stereocenters. The Balaban J connectivity index is 1.81. The lowest BCUT2D eigenvalue weighted by Crippen LogP contribution is -2.08. The number of hydrogen-bond acceptors (Lipinski definition) is 4. The minimum Gasteiger partial charge on any atom is -0.242 e. The van der Waals surface area contributed by atoms with Crippen molar-refractivity contribution >= 4 is 44.5 Å². The van der Waals surface area contributed by atoms with E-state index in [2.05, 4.69) is 16.2 Å². The van der Waals surface area contributed by atoms with Gasteiger partial charge in [-0.15, -0.1) is 0 Å². The van der Waals surface area contributed by atoms with E-state index in [0.29, 0.717) is 0 Å². The zero-order chi connectivity index (χ0) is 13.9. The monoisotopic (exact) mass is 301 g/mol. The molecule has 0 saturated carbocycles. The summed E-state index contributed by atoms with van der Waals surface area (Å²) in [5.41, 5.74) is 2.00. The maximum absolute atomic E-state index is 5.85. The van der Waals surface area contributed by atoms with Crippen molar-refractivity contribution in [2.75, 3.05) is 12.1 Å². The number of rotatable bonds is 3. The summed E-state index contributed by atoms with van der Waals surface area (Å²) in [5, 5.41) is 7.78. The summed E-state index contributed by atoms with van der Waals surface area (Å²) >= 11 is 7.48. The molecule has 100 valence electrons. The Morgan fingerprint density at radius 3 is 2.65 bits per heavy atom. The molecule has 2 aromatic carbocycles. The summed E-state index contributed by atoms with van der Waals surface area (Å²) in [7, 11) is 1.89. The van der Waals surface area contributed by atoms with Gasteiger partial charge >= 0.3 is 0 Å². The maximum Gasteiger partial charge on any atom is 0.206 e. The molecule has 1 aromatic heterocycles. The first-order valence-corrected chi connectivity index (χ1v) is 7.31. The highest BCUT2D eigenvalue weighted by atomic mass is 35.5. The molecule has 0 aliphatic rings. The normalized spacial score (nSPS) is 11.3. The molecule has 3 aromatic rings. The maximum atomic E-state index is 5.85. The minimum absolute atomic E-state index is 0.724. The van der Waals surface area contributed by atoms with Crippen molar-refractivity contribution in [2.24, 2.45) is 5.10 Å². The summed E-state index contributed by atoms with van der Waals surface area (Å²) < 4.78 is 1.16. The average Bonchev–Trinajstić information content (AvgIpc) is 2.90. The fourth-order valence-corrected chi connectivity index (χ4v) is 2.76. The van der Waals surface area contributed by atoms with Crippen molar-refractivity contribution in [2.45, 2.75) is 0 Å². The van der Waals surface area contributed by atoms with Gasteiger partial charge in [-0.3, -0.25) is 0 Å². The molecule has 0 fully saturated rings. The number of aromatic nitrogens is 1. The summed E-state index contributed by atoms with van der Waals surface area (Å²) in [6.07, 6.45) is 1.79. The molecule has 0 amide bonds. The second-order valence-corrected chi connectivity index (χ2v) is 5.73. The lowest BCUT2D eigenvalue weighted by atomic mass is 10.2. The number of thiazole rings is 1. The Kier molecular flexibility index (Phi) is 3.67. The quantitative estimate of drug-likeness (QED) is 0.529. The second-order valence-electron chi connectivity index (χ2n) is 4.28. The van der Waals surface area contributed by atoms with Crippen molar-refractivity contribution in [3.05, 3.63) is 59.1 Å². The lowest BCUT2D eigenvalue weighted by molar-refractivity contribution is 1.01. The molecule has 0 spiro atoms. The molecule has 0 N–H and O–H groups in total. The van der Waals surface area contributed by atoms with Crippen LogP contribution in [0.3, 0.4) is 0 Å². The third-order valence-corrected chi connectivity index (χ3v) is 4.16. The van der Waals surface area contributed by atoms with Gasteiger partial charge in [0, 0.05) is 12.1 Å². The third kappa shape index (κ3) is 2.81. The number of hydrogen-bond donors (Lipinski definition) is 0. The van der Waals surface area contributed by atoms with Crippen LogP contribution in [0.25, 0.3) is 10.2 Å². The molecule has 3 rings (SSSR count). The molecule has 0 aliphatic carbocycles. The number of anilines is 1. The van der Waals surface area contributed by atoms with E-state index in [1.54, 1.807) is 22.6 Å². The first-order valence-electron chi connectivity index (χ1n) is 6.11. The number of halogens is 1. The van der Waals surface area contributed by atoms with Crippen molar-refractivity contribution < 1.29 is 0 Å². The number of nitrogens with zero attached hydrogens (tertiary/aromatic N) is 3. The first-order chi connectivity index (χ1) is 9.72. The van der Waals surface area contributed by atoms with E-state index >= 15 is 0 Å². The molecule has 1 heterocycles. The van der Waals surface area contributed by atoms with Gasteiger partial charge < -0.3 is 0 Å². The van der Waals surface area contributed by atoms with Crippen molar-refractivity contribution in [3.8, 4) is 0 Å². The van der Waals surface area contributed by atoms with E-state index in [1.165, 1.54) is 0 Å². The van der Waals surface area contributed by atoms with Gasteiger partial charge in [-0.1, -0.05) is 47.2 Å². The summed E-state index contributed by atoms with van der Waals surface area (Å²) in [5.74, 6) is 0. The molecular weight excluding hydrogens is 290 g/mol. The van der Waals surface area contributed by atoms with E-state index in [4.69, 9.17) is 11.6 Å². The summed E-state index contributed by atoms with van der Waals surface area (Å²) in [6, 6.07) is 15.6. The Bertz CT molecular complexity index is 716. The zero-order valence-corrected chi connectivity index (χ0v) is 12.4.